The van der Waals surface area contributed by atoms with Crippen molar-refractivity contribution in [3.05, 3.63) is 90.7 Å². The largest absolute Gasteiger partial charge is 0.457 e. The van der Waals surface area contributed by atoms with Crippen LogP contribution in [0.1, 0.15) is 21.3 Å². The summed E-state index contributed by atoms with van der Waals surface area (Å²) in [5.74, 6) is 1.15. The molecule has 0 spiro atoms. The minimum Gasteiger partial charge on any atom is -0.457 e. The molecule has 2 aromatic carbocycles. The molecule has 25 heavy (non-hydrogen) atoms. The van der Waals surface area contributed by atoms with E-state index in [0.717, 1.165) is 10.5 Å². The van der Waals surface area contributed by atoms with Crippen LogP contribution in [0.5, 0.6) is 5.75 Å². The maximum Gasteiger partial charge on any atom is 0.253 e. The van der Waals surface area contributed by atoms with Crippen LogP contribution in [0.15, 0.2) is 84.5 Å². The lowest BCUT2D eigenvalue weighted by molar-refractivity contribution is 0.0943. The van der Waals surface area contributed by atoms with Gasteiger partial charge in [0.15, 0.2) is 0 Å². The van der Waals surface area contributed by atoms with Gasteiger partial charge in [0, 0.05) is 10.6 Å². The lowest BCUT2D eigenvalue weighted by Gasteiger charge is -2.25. The van der Waals surface area contributed by atoms with Crippen molar-refractivity contribution in [2.75, 3.05) is 5.73 Å². The molecule has 1 unspecified atom stereocenters. The third-order valence-electron chi connectivity index (χ3n) is 3.64. The van der Waals surface area contributed by atoms with Crippen LogP contribution in [-0.2, 0) is 0 Å². The highest BCUT2D eigenvalue weighted by Gasteiger charge is 2.26. The Morgan fingerprint density at radius 2 is 2.08 bits per heavy atom. The van der Waals surface area contributed by atoms with E-state index in [1.807, 2.05) is 30.3 Å². The van der Waals surface area contributed by atoms with Crippen molar-refractivity contribution in [1.82, 2.24) is 5.32 Å². The van der Waals surface area contributed by atoms with Crippen LogP contribution >= 0.6 is 11.8 Å². The van der Waals surface area contributed by atoms with E-state index < -0.39 is 0 Å². The summed E-state index contributed by atoms with van der Waals surface area (Å²) in [7, 11) is 0. The summed E-state index contributed by atoms with van der Waals surface area (Å²) in [5, 5.41) is 2.81. The molecule has 1 atom stereocenters. The van der Waals surface area contributed by atoms with Crippen molar-refractivity contribution in [2.45, 2.75) is 10.3 Å². The van der Waals surface area contributed by atoms with Crippen LogP contribution in [0.4, 0.5) is 5.69 Å². The lowest BCUT2D eigenvalue weighted by Crippen LogP contribution is -2.30. The Kier molecular flexibility index (Phi) is 4.95. The summed E-state index contributed by atoms with van der Waals surface area (Å²) in [4.78, 5) is 13.3. The van der Waals surface area contributed by atoms with E-state index in [2.05, 4.69) is 18.5 Å². The summed E-state index contributed by atoms with van der Waals surface area (Å²) in [6.45, 7) is 7.37. The van der Waals surface area contributed by atoms with Gasteiger partial charge in [-0.1, -0.05) is 43.1 Å². The smallest absolute Gasteiger partial charge is 0.253 e. The molecule has 0 saturated carbocycles. The number of anilines is 1. The fraction of sp³-hybridized carbons (Fsp3) is 0.0500. The van der Waals surface area contributed by atoms with E-state index in [1.165, 1.54) is 0 Å². The van der Waals surface area contributed by atoms with Crippen LogP contribution < -0.4 is 15.8 Å². The van der Waals surface area contributed by atoms with E-state index >= 15 is 0 Å². The zero-order valence-corrected chi connectivity index (χ0v) is 14.4. The van der Waals surface area contributed by atoms with Crippen molar-refractivity contribution in [2.24, 2.45) is 0 Å². The van der Waals surface area contributed by atoms with Crippen LogP contribution in [0, 0.1) is 0 Å². The zero-order valence-electron chi connectivity index (χ0n) is 13.6. The Morgan fingerprint density at radius 3 is 2.84 bits per heavy atom. The Hall–Kier alpha value is -2.92. The molecule has 4 nitrogen and oxygen atoms in total. The molecule has 0 saturated heterocycles. The number of ether oxygens (including phenoxy) is 1. The molecule has 126 valence electrons. The lowest BCUT2D eigenvalue weighted by atomic mass is 10.1. The molecule has 2 aromatic rings. The number of nitrogen functional groups attached to an aromatic ring is 1. The summed E-state index contributed by atoms with van der Waals surface area (Å²) >= 11 is 1.57. The van der Waals surface area contributed by atoms with Gasteiger partial charge in [-0.3, -0.25) is 4.79 Å². The SMILES string of the molecule is C=C/C=C(\C=C)Oc1cccc(C2NC(=O)c3cc(N)ccc3S2)c1. The predicted octanol–water partition coefficient (Wildman–Crippen LogP) is 4.44. The Balaban J connectivity index is 1.85. The first-order valence-electron chi connectivity index (χ1n) is 7.70. The highest BCUT2D eigenvalue weighted by Crippen LogP contribution is 2.40. The van der Waals surface area contributed by atoms with Gasteiger partial charge in [-0.05, 0) is 48.0 Å². The van der Waals surface area contributed by atoms with Gasteiger partial charge in [0.25, 0.3) is 5.91 Å². The van der Waals surface area contributed by atoms with Crippen molar-refractivity contribution in [1.29, 1.82) is 0 Å². The van der Waals surface area contributed by atoms with Gasteiger partial charge in [0.1, 0.15) is 16.9 Å². The quantitative estimate of drug-likeness (QED) is 0.475. The molecule has 0 aliphatic carbocycles. The molecule has 5 heteroatoms. The third kappa shape index (κ3) is 3.78. The first kappa shape index (κ1) is 16.9. The first-order valence-corrected chi connectivity index (χ1v) is 8.58. The number of carbonyl (C=O) groups is 1. The predicted molar refractivity (Wildman–Crippen MR) is 102 cm³/mol. The number of rotatable bonds is 5. The van der Waals surface area contributed by atoms with Gasteiger partial charge >= 0.3 is 0 Å². The van der Waals surface area contributed by atoms with Gasteiger partial charge in [-0.2, -0.15) is 0 Å². The molecular weight excluding hydrogens is 332 g/mol. The summed E-state index contributed by atoms with van der Waals surface area (Å²) < 4.78 is 5.78. The number of nitrogens with two attached hydrogens (primary N) is 1. The van der Waals surface area contributed by atoms with Crippen LogP contribution in [0.2, 0.25) is 0 Å². The average molecular weight is 350 g/mol. The van der Waals surface area contributed by atoms with E-state index in [0.29, 0.717) is 22.8 Å². The van der Waals surface area contributed by atoms with Crippen LogP contribution in [-0.4, -0.2) is 5.91 Å². The molecule has 0 aromatic heterocycles. The Labute approximate surface area is 151 Å². The highest BCUT2D eigenvalue weighted by atomic mass is 32.2. The Morgan fingerprint density at radius 1 is 1.24 bits per heavy atom. The van der Waals surface area contributed by atoms with Gasteiger partial charge in [0.05, 0.1) is 5.56 Å². The monoisotopic (exact) mass is 350 g/mol. The fourth-order valence-electron chi connectivity index (χ4n) is 2.47. The number of allylic oxidation sites excluding steroid dienone is 3. The normalized spacial score (nSPS) is 16.6. The number of thioether (sulfide) groups is 1. The number of carbonyl (C=O) groups excluding carboxylic acids is 1. The summed E-state index contributed by atoms with van der Waals surface area (Å²) in [5.41, 5.74) is 7.90. The first-order chi connectivity index (χ1) is 12.1. The summed E-state index contributed by atoms with van der Waals surface area (Å²) in [6, 6.07) is 13.0. The molecule has 1 heterocycles. The molecular formula is C20H18N2O2S. The second-order valence-corrected chi connectivity index (χ2v) is 6.56. The topological polar surface area (TPSA) is 64.3 Å². The number of amides is 1. The minimum absolute atomic E-state index is 0.129. The fourth-order valence-corrected chi connectivity index (χ4v) is 3.60. The second kappa shape index (κ2) is 7.32. The third-order valence-corrected chi connectivity index (χ3v) is 4.87. The molecule has 3 N–H and O–H groups in total. The van der Waals surface area contributed by atoms with Gasteiger partial charge < -0.3 is 15.8 Å². The molecule has 3 rings (SSSR count). The molecule has 0 bridgehead atoms. The standard InChI is InChI=1S/C20H18N2O2S/c1-3-6-15(4-2)24-16-8-5-7-13(11-16)20-22-19(23)17-12-14(21)9-10-18(17)25-20/h3-12,20H,1-2,21H2,(H,22,23)/b15-6+. The van der Waals surface area contributed by atoms with Crippen molar-refractivity contribution in [3.8, 4) is 5.75 Å². The van der Waals surface area contributed by atoms with Crippen molar-refractivity contribution in [3.63, 3.8) is 0 Å². The van der Waals surface area contributed by atoms with E-state index in [4.69, 9.17) is 10.5 Å². The van der Waals surface area contributed by atoms with Crippen LogP contribution in [0.25, 0.3) is 0 Å². The second-order valence-electron chi connectivity index (χ2n) is 5.41. The van der Waals surface area contributed by atoms with Crippen molar-refractivity contribution >= 4 is 23.4 Å². The Bertz CT molecular complexity index is 874. The molecule has 0 fully saturated rings. The average Bonchev–Trinajstić information content (AvgIpc) is 2.62. The molecule has 1 aliphatic rings. The molecule has 1 amide bonds. The minimum atomic E-state index is -0.192. The van der Waals surface area contributed by atoms with E-state index in [1.54, 1.807) is 42.1 Å². The van der Waals surface area contributed by atoms with Crippen molar-refractivity contribution < 1.29 is 9.53 Å². The number of hydrogen-bond donors (Lipinski definition) is 2. The van der Waals surface area contributed by atoms with Gasteiger partial charge in [-0.15, -0.1) is 0 Å². The van der Waals surface area contributed by atoms with Gasteiger partial charge in [0.2, 0.25) is 0 Å². The number of nitrogens with one attached hydrogen (secondary N) is 1. The number of fused-ring (bicyclic) bond motifs is 1. The summed E-state index contributed by atoms with van der Waals surface area (Å²) in [6.07, 6.45) is 4.99. The van der Waals surface area contributed by atoms with Gasteiger partial charge in [-0.25, -0.2) is 0 Å². The number of benzene rings is 2. The van der Waals surface area contributed by atoms with Crippen LogP contribution in [0.3, 0.4) is 0 Å². The zero-order chi connectivity index (χ0) is 17.8. The van der Waals surface area contributed by atoms with E-state index in [9.17, 15) is 4.79 Å². The maximum absolute atomic E-state index is 12.4. The number of hydrogen-bond acceptors (Lipinski definition) is 4. The highest BCUT2D eigenvalue weighted by molar-refractivity contribution is 7.99. The molecule has 0 radical (unpaired) electrons. The molecule has 1 aliphatic heterocycles. The van der Waals surface area contributed by atoms with E-state index in [-0.39, 0.29) is 11.3 Å². The maximum atomic E-state index is 12.4.